The van der Waals surface area contributed by atoms with E-state index in [2.05, 4.69) is 20.4 Å². The van der Waals surface area contributed by atoms with Crippen molar-refractivity contribution >= 4 is 28.5 Å². The molecule has 0 aliphatic rings. The predicted octanol–water partition coefficient (Wildman–Crippen LogP) is 4.99. The monoisotopic (exact) mass is 520 g/mol. The second kappa shape index (κ2) is 9.39. The number of benzene rings is 3. The smallest absolute Gasteiger partial charge is 0.366 e. The van der Waals surface area contributed by atoms with Gasteiger partial charge in [-0.25, -0.2) is 19.0 Å². The van der Waals surface area contributed by atoms with Crippen molar-refractivity contribution in [3.63, 3.8) is 0 Å². The Bertz CT molecular complexity index is 1690. The second-order valence-electron chi connectivity index (χ2n) is 8.09. The van der Waals surface area contributed by atoms with Gasteiger partial charge in [-0.2, -0.15) is 18.3 Å². The molecule has 2 amide bonds. The number of rotatable bonds is 5. The highest BCUT2D eigenvalue weighted by molar-refractivity contribution is 6.09. The number of aromatic nitrogens is 4. The van der Waals surface area contributed by atoms with E-state index in [1.165, 1.54) is 41.3 Å². The molecule has 0 bridgehead atoms. The molecule has 0 unspecified atom stereocenters. The maximum Gasteiger partial charge on any atom is 0.417 e. The summed E-state index contributed by atoms with van der Waals surface area (Å²) in [4.78, 5) is 32.6. The van der Waals surface area contributed by atoms with Gasteiger partial charge in [0, 0.05) is 28.9 Å². The number of nitrogens with one attached hydrogen (secondary N) is 1. The van der Waals surface area contributed by atoms with E-state index in [4.69, 9.17) is 5.73 Å². The van der Waals surface area contributed by atoms with E-state index >= 15 is 0 Å². The summed E-state index contributed by atoms with van der Waals surface area (Å²) in [5.41, 5.74) is 3.81. The molecule has 0 spiro atoms. The first kappa shape index (κ1) is 24.6. The molecule has 12 heteroatoms. The number of hydrogen-bond donors (Lipinski definition) is 2. The van der Waals surface area contributed by atoms with Crippen molar-refractivity contribution in [1.29, 1.82) is 0 Å². The fourth-order valence-corrected chi connectivity index (χ4v) is 3.90. The Labute approximate surface area is 211 Å². The summed E-state index contributed by atoms with van der Waals surface area (Å²) in [6, 6.07) is 15.4. The molecule has 5 aromatic rings. The molecule has 0 radical (unpaired) electrons. The highest BCUT2D eigenvalue weighted by Gasteiger charge is 2.36. The van der Waals surface area contributed by atoms with Crippen molar-refractivity contribution in [3.8, 4) is 17.1 Å². The molecule has 0 aliphatic heterocycles. The summed E-state index contributed by atoms with van der Waals surface area (Å²) in [5.74, 6) is -3.34. The number of carbonyl (C=O) groups is 2. The van der Waals surface area contributed by atoms with Gasteiger partial charge >= 0.3 is 6.18 Å². The van der Waals surface area contributed by atoms with Crippen LogP contribution >= 0.6 is 0 Å². The van der Waals surface area contributed by atoms with Crippen LogP contribution in [0.2, 0.25) is 0 Å². The Balaban J connectivity index is 1.64. The van der Waals surface area contributed by atoms with Crippen LogP contribution in [0.3, 0.4) is 0 Å². The minimum atomic E-state index is -4.93. The van der Waals surface area contributed by atoms with E-state index < -0.39 is 40.5 Å². The van der Waals surface area contributed by atoms with E-state index in [1.54, 1.807) is 30.3 Å². The number of nitrogens with zero attached hydrogens (tertiary/aromatic N) is 4. The first-order valence-electron chi connectivity index (χ1n) is 11.0. The summed E-state index contributed by atoms with van der Waals surface area (Å²) in [7, 11) is 0. The lowest BCUT2D eigenvalue weighted by atomic mass is 10.0. The number of alkyl halides is 3. The van der Waals surface area contributed by atoms with Crippen molar-refractivity contribution in [2.45, 2.75) is 6.18 Å². The van der Waals surface area contributed by atoms with Gasteiger partial charge in [0.25, 0.3) is 5.91 Å². The van der Waals surface area contributed by atoms with Crippen LogP contribution in [0.15, 0.2) is 79.1 Å². The zero-order valence-corrected chi connectivity index (χ0v) is 19.2. The summed E-state index contributed by atoms with van der Waals surface area (Å²) in [5, 5.41) is 7.38. The molecule has 2 heterocycles. The van der Waals surface area contributed by atoms with Gasteiger partial charge in [-0.1, -0.05) is 18.2 Å². The number of primary amides is 1. The van der Waals surface area contributed by atoms with Gasteiger partial charge in [0.1, 0.15) is 11.6 Å². The molecule has 0 atom stereocenters. The standard InChI is InChI=1S/C26H16F4N6O2/c27-20-13-19(26(28,29)30)17(23-32-9-4-10-33-23)12-18(20)25(38)34-24-16-8-7-14(22(31)37)11-21(16)35-36(24)15-5-2-1-3-6-15/h1-13H,(H2,31,37)(H,34,38). The number of amides is 2. The van der Waals surface area contributed by atoms with Crippen LogP contribution in [0.1, 0.15) is 26.3 Å². The van der Waals surface area contributed by atoms with Crippen LogP contribution in [-0.4, -0.2) is 31.6 Å². The molecule has 0 saturated carbocycles. The normalized spacial score (nSPS) is 11.5. The molecule has 0 fully saturated rings. The topological polar surface area (TPSA) is 116 Å². The van der Waals surface area contributed by atoms with Crippen LogP contribution in [-0.2, 0) is 6.18 Å². The Morgan fingerprint density at radius 1 is 0.921 bits per heavy atom. The third kappa shape index (κ3) is 4.54. The van der Waals surface area contributed by atoms with Gasteiger partial charge in [-0.3, -0.25) is 9.59 Å². The van der Waals surface area contributed by atoms with Gasteiger partial charge in [0.05, 0.1) is 22.3 Å². The number of nitrogens with two attached hydrogens (primary N) is 1. The van der Waals surface area contributed by atoms with Crippen LogP contribution in [0.25, 0.3) is 28.0 Å². The average Bonchev–Trinajstić information content (AvgIpc) is 3.26. The minimum Gasteiger partial charge on any atom is -0.366 e. The van der Waals surface area contributed by atoms with Crippen LogP contribution in [0.4, 0.5) is 23.4 Å². The molecule has 3 N–H and O–H groups in total. The van der Waals surface area contributed by atoms with Crippen molar-refractivity contribution in [1.82, 2.24) is 19.7 Å². The molecule has 0 saturated heterocycles. The number of halogens is 4. The number of anilines is 1. The quantitative estimate of drug-likeness (QED) is 0.317. The third-order valence-corrected chi connectivity index (χ3v) is 5.65. The van der Waals surface area contributed by atoms with Gasteiger partial charge in [-0.15, -0.1) is 0 Å². The zero-order chi connectivity index (χ0) is 27.0. The molecule has 5 rings (SSSR count). The minimum absolute atomic E-state index is 0.101. The summed E-state index contributed by atoms with van der Waals surface area (Å²) in [6.07, 6.45) is -2.46. The first-order chi connectivity index (χ1) is 18.1. The molecule has 3 aromatic carbocycles. The Morgan fingerprint density at radius 3 is 2.29 bits per heavy atom. The number of carbonyl (C=O) groups excluding carboxylic acids is 2. The number of hydrogen-bond acceptors (Lipinski definition) is 5. The Morgan fingerprint density at radius 2 is 1.63 bits per heavy atom. The first-order valence-corrected chi connectivity index (χ1v) is 11.0. The van der Waals surface area contributed by atoms with Crippen molar-refractivity contribution < 1.29 is 27.2 Å². The highest BCUT2D eigenvalue weighted by Crippen LogP contribution is 2.38. The van der Waals surface area contributed by atoms with Crippen LogP contribution in [0.5, 0.6) is 0 Å². The van der Waals surface area contributed by atoms with E-state index in [9.17, 15) is 27.2 Å². The maximum atomic E-state index is 15.0. The summed E-state index contributed by atoms with van der Waals surface area (Å²) < 4.78 is 57.4. The second-order valence-corrected chi connectivity index (χ2v) is 8.09. The largest absolute Gasteiger partial charge is 0.417 e. The predicted molar refractivity (Wildman–Crippen MR) is 130 cm³/mol. The fraction of sp³-hybridized carbons (Fsp3) is 0.0385. The molecule has 0 aliphatic carbocycles. The summed E-state index contributed by atoms with van der Waals surface area (Å²) in [6.45, 7) is 0. The molecule has 190 valence electrons. The molecular weight excluding hydrogens is 504 g/mol. The van der Waals surface area contributed by atoms with E-state index in [0.717, 1.165) is 6.07 Å². The number of para-hydroxylation sites is 1. The van der Waals surface area contributed by atoms with Gasteiger partial charge < -0.3 is 11.1 Å². The van der Waals surface area contributed by atoms with E-state index in [1.807, 2.05) is 0 Å². The lowest BCUT2D eigenvalue weighted by Crippen LogP contribution is -2.18. The van der Waals surface area contributed by atoms with Gasteiger partial charge in [-0.05, 0) is 48.5 Å². The molecular formula is C26H16F4N6O2. The molecule has 2 aromatic heterocycles. The van der Waals surface area contributed by atoms with Gasteiger partial charge in [0.15, 0.2) is 5.82 Å². The van der Waals surface area contributed by atoms with Crippen molar-refractivity contribution in [2.24, 2.45) is 5.73 Å². The maximum absolute atomic E-state index is 15.0. The van der Waals surface area contributed by atoms with E-state index in [-0.39, 0.29) is 23.3 Å². The zero-order valence-electron chi connectivity index (χ0n) is 19.2. The third-order valence-electron chi connectivity index (χ3n) is 5.65. The SMILES string of the molecule is NC(=O)c1ccc2c(NC(=O)c3cc(-c4ncccn4)c(C(F)(F)F)cc3F)n(-c3ccccc3)nc2c1. The van der Waals surface area contributed by atoms with Crippen molar-refractivity contribution in [2.75, 3.05) is 5.32 Å². The average molecular weight is 520 g/mol. The summed E-state index contributed by atoms with van der Waals surface area (Å²) >= 11 is 0. The highest BCUT2D eigenvalue weighted by atomic mass is 19.4. The molecule has 8 nitrogen and oxygen atoms in total. The lowest BCUT2D eigenvalue weighted by molar-refractivity contribution is -0.137. The van der Waals surface area contributed by atoms with Crippen molar-refractivity contribution in [3.05, 3.63) is 102 Å². The van der Waals surface area contributed by atoms with E-state index in [0.29, 0.717) is 16.6 Å². The number of fused-ring (bicyclic) bond motifs is 1. The fourth-order valence-electron chi connectivity index (χ4n) is 3.90. The van der Waals surface area contributed by atoms with Gasteiger partial charge in [0.2, 0.25) is 5.91 Å². The lowest BCUT2D eigenvalue weighted by Gasteiger charge is -2.15. The Hall–Kier alpha value is -5.13. The van der Waals surface area contributed by atoms with Crippen LogP contribution < -0.4 is 11.1 Å². The Kier molecular flexibility index (Phi) is 6.07. The van der Waals surface area contributed by atoms with Crippen LogP contribution in [0, 0.1) is 5.82 Å². The molecule has 38 heavy (non-hydrogen) atoms.